The van der Waals surface area contributed by atoms with E-state index in [-0.39, 0.29) is 6.04 Å². The predicted molar refractivity (Wildman–Crippen MR) is 81.0 cm³/mol. The second kappa shape index (κ2) is 6.41. The number of hydrogen-bond donors (Lipinski definition) is 1. The first-order chi connectivity index (χ1) is 9.62. The Morgan fingerprint density at radius 2 is 2.10 bits per heavy atom. The summed E-state index contributed by atoms with van der Waals surface area (Å²) in [6, 6.07) is 2.14. The molecule has 0 radical (unpaired) electrons. The third-order valence-corrected chi connectivity index (χ3v) is 3.73. The first-order valence-electron chi connectivity index (χ1n) is 7.09. The van der Waals surface area contributed by atoms with E-state index in [0.717, 1.165) is 36.6 Å². The zero-order chi connectivity index (χ0) is 14.7. The van der Waals surface area contributed by atoms with Crippen molar-refractivity contribution in [1.82, 2.24) is 24.9 Å². The Labute approximate surface area is 124 Å². The van der Waals surface area contributed by atoms with Gasteiger partial charge in [-0.3, -0.25) is 9.36 Å². The van der Waals surface area contributed by atoms with Crippen LogP contribution in [0.15, 0.2) is 12.3 Å². The van der Waals surface area contributed by atoms with E-state index < -0.39 is 0 Å². The van der Waals surface area contributed by atoms with E-state index in [2.05, 4.69) is 42.4 Å². The van der Waals surface area contributed by atoms with Gasteiger partial charge >= 0.3 is 0 Å². The van der Waals surface area contributed by atoms with Crippen LogP contribution >= 0.6 is 11.6 Å². The van der Waals surface area contributed by atoms with Crippen molar-refractivity contribution in [3.05, 3.63) is 34.4 Å². The Bertz CT molecular complexity index is 572. The van der Waals surface area contributed by atoms with Gasteiger partial charge in [0.2, 0.25) is 0 Å². The van der Waals surface area contributed by atoms with Gasteiger partial charge in [-0.2, -0.15) is 10.2 Å². The van der Waals surface area contributed by atoms with Crippen molar-refractivity contribution in [1.29, 1.82) is 0 Å². The van der Waals surface area contributed by atoms with Crippen LogP contribution in [0.25, 0.3) is 0 Å². The minimum Gasteiger partial charge on any atom is -0.304 e. The molecule has 0 aliphatic heterocycles. The lowest BCUT2D eigenvalue weighted by atomic mass is 10.1. The molecule has 0 aliphatic rings. The third kappa shape index (κ3) is 2.74. The maximum atomic E-state index is 6.34. The molecule has 0 saturated carbocycles. The van der Waals surface area contributed by atoms with Gasteiger partial charge in [-0.15, -0.1) is 0 Å². The summed E-state index contributed by atoms with van der Waals surface area (Å²) in [7, 11) is 1.97. The van der Waals surface area contributed by atoms with Crippen LogP contribution in [0.5, 0.6) is 0 Å². The van der Waals surface area contributed by atoms with Gasteiger partial charge in [0.15, 0.2) is 0 Å². The zero-order valence-corrected chi connectivity index (χ0v) is 13.3. The van der Waals surface area contributed by atoms with E-state index >= 15 is 0 Å². The first kappa shape index (κ1) is 15.1. The number of aromatic nitrogens is 4. The van der Waals surface area contributed by atoms with Crippen LogP contribution < -0.4 is 5.32 Å². The lowest BCUT2D eigenvalue weighted by Crippen LogP contribution is -2.27. The minimum absolute atomic E-state index is 0.00718. The first-order valence-corrected chi connectivity index (χ1v) is 7.47. The van der Waals surface area contributed by atoms with E-state index in [4.69, 9.17) is 11.6 Å². The summed E-state index contributed by atoms with van der Waals surface area (Å²) in [5.74, 6) is 0. The van der Waals surface area contributed by atoms with Crippen LogP contribution in [0.3, 0.4) is 0 Å². The second-order valence-corrected chi connectivity index (χ2v) is 5.13. The summed E-state index contributed by atoms with van der Waals surface area (Å²) in [6.07, 6.45) is 2.63. The maximum Gasteiger partial charge on any atom is 0.0933 e. The molecule has 1 unspecified atom stereocenters. The van der Waals surface area contributed by atoms with Crippen molar-refractivity contribution in [2.75, 3.05) is 6.54 Å². The summed E-state index contributed by atoms with van der Waals surface area (Å²) in [5, 5.41) is 13.0. The molecule has 2 aromatic rings. The van der Waals surface area contributed by atoms with E-state index in [1.807, 2.05) is 16.4 Å². The summed E-state index contributed by atoms with van der Waals surface area (Å²) >= 11 is 6.34. The van der Waals surface area contributed by atoms with Gasteiger partial charge < -0.3 is 5.32 Å². The molecule has 0 amide bonds. The summed E-state index contributed by atoms with van der Waals surface area (Å²) in [6.45, 7) is 7.91. The van der Waals surface area contributed by atoms with Gasteiger partial charge in [0.05, 0.1) is 34.3 Å². The predicted octanol–water partition coefficient (Wildman–Crippen LogP) is 2.55. The van der Waals surface area contributed by atoms with Gasteiger partial charge in [0, 0.05) is 13.6 Å². The SMILES string of the molecule is CCNC(c1cc(CC)nn1C)c1c(Cl)cnn1CC. The number of halogens is 1. The fraction of sp³-hybridized carbons (Fsp3) is 0.571. The Hall–Kier alpha value is -1.33. The van der Waals surface area contributed by atoms with Gasteiger partial charge in [-0.05, 0) is 26.0 Å². The fourth-order valence-electron chi connectivity index (χ4n) is 2.44. The fourth-order valence-corrected chi connectivity index (χ4v) is 2.69. The van der Waals surface area contributed by atoms with E-state index in [1.54, 1.807) is 6.20 Å². The highest BCUT2D eigenvalue weighted by molar-refractivity contribution is 6.31. The molecule has 1 N–H and O–H groups in total. The van der Waals surface area contributed by atoms with Gasteiger partial charge in [0.25, 0.3) is 0 Å². The van der Waals surface area contributed by atoms with Crippen LogP contribution in [0.2, 0.25) is 5.02 Å². The van der Waals surface area contributed by atoms with Gasteiger partial charge in [0.1, 0.15) is 0 Å². The molecule has 6 heteroatoms. The van der Waals surface area contributed by atoms with Crippen LogP contribution in [-0.2, 0) is 20.0 Å². The van der Waals surface area contributed by atoms with Crippen LogP contribution in [0.4, 0.5) is 0 Å². The van der Waals surface area contributed by atoms with E-state index in [0.29, 0.717) is 5.02 Å². The molecular weight excluding hydrogens is 274 g/mol. The highest BCUT2D eigenvalue weighted by Gasteiger charge is 2.24. The number of hydrogen-bond acceptors (Lipinski definition) is 3. The van der Waals surface area contributed by atoms with E-state index in [1.165, 1.54) is 0 Å². The quantitative estimate of drug-likeness (QED) is 0.891. The van der Waals surface area contributed by atoms with Crippen LogP contribution in [-0.4, -0.2) is 26.1 Å². The molecule has 2 heterocycles. The Balaban J connectivity index is 2.49. The Kier molecular flexibility index (Phi) is 4.83. The smallest absolute Gasteiger partial charge is 0.0933 e. The highest BCUT2D eigenvalue weighted by Crippen LogP contribution is 2.28. The topological polar surface area (TPSA) is 47.7 Å². The average molecular weight is 296 g/mol. The normalized spacial score (nSPS) is 12.8. The second-order valence-electron chi connectivity index (χ2n) is 4.72. The zero-order valence-electron chi connectivity index (χ0n) is 12.5. The van der Waals surface area contributed by atoms with Crippen molar-refractivity contribution >= 4 is 11.6 Å². The lowest BCUT2D eigenvalue weighted by Gasteiger charge is -2.20. The Morgan fingerprint density at radius 1 is 1.35 bits per heavy atom. The lowest BCUT2D eigenvalue weighted by molar-refractivity contribution is 0.514. The molecule has 0 aromatic carbocycles. The number of nitrogens with zero attached hydrogens (tertiary/aromatic N) is 4. The van der Waals surface area contributed by atoms with Crippen LogP contribution in [0.1, 0.15) is 43.9 Å². The molecule has 20 heavy (non-hydrogen) atoms. The molecule has 2 rings (SSSR count). The molecule has 0 saturated heterocycles. The Morgan fingerprint density at radius 3 is 2.65 bits per heavy atom. The number of rotatable bonds is 6. The minimum atomic E-state index is 0.00718. The molecular formula is C14H22ClN5. The average Bonchev–Trinajstić information content (AvgIpc) is 2.99. The highest BCUT2D eigenvalue weighted by atomic mass is 35.5. The van der Waals surface area contributed by atoms with Gasteiger partial charge in [-0.1, -0.05) is 25.4 Å². The summed E-state index contributed by atoms with van der Waals surface area (Å²) in [4.78, 5) is 0. The molecule has 2 aromatic heterocycles. The monoisotopic (exact) mass is 295 g/mol. The molecule has 110 valence electrons. The molecule has 0 bridgehead atoms. The van der Waals surface area contributed by atoms with Crippen LogP contribution in [0, 0.1) is 0 Å². The molecule has 1 atom stereocenters. The molecule has 0 aliphatic carbocycles. The molecule has 0 fully saturated rings. The molecule has 0 spiro atoms. The van der Waals surface area contributed by atoms with Crippen molar-refractivity contribution in [2.24, 2.45) is 7.05 Å². The van der Waals surface area contributed by atoms with Crippen molar-refractivity contribution < 1.29 is 0 Å². The van der Waals surface area contributed by atoms with Gasteiger partial charge in [-0.25, -0.2) is 0 Å². The van der Waals surface area contributed by atoms with Crippen molar-refractivity contribution in [3.63, 3.8) is 0 Å². The third-order valence-electron chi connectivity index (χ3n) is 3.44. The number of nitrogens with one attached hydrogen (secondary N) is 1. The summed E-state index contributed by atoms with van der Waals surface area (Å²) in [5.41, 5.74) is 3.20. The standard InChI is InChI=1S/C14H22ClN5/c1-5-10-8-12(19(4)18-10)13(16-6-2)14-11(15)9-17-20(14)7-3/h8-9,13,16H,5-7H2,1-4H3. The summed E-state index contributed by atoms with van der Waals surface area (Å²) < 4.78 is 3.86. The maximum absolute atomic E-state index is 6.34. The number of aryl methyl sites for hydroxylation is 3. The van der Waals surface area contributed by atoms with Crippen molar-refractivity contribution in [3.8, 4) is 0 Å². The molecule has 5 nitrogen and oxygen atoms in total. The van der Waals surface area contributed by atoms with Crippen molar-refractivity contribution in [2.45, 2.75) is 39.8 Å². The van der Waals surface area contributed by atoms with E-state index in [9.17, 15) is 0 Å². The largest absolute Gasteiger partial charge is 0.304 e.